The molecule has 2 rings (SSSR count). The van der Waals surface area contributed by atoms with Crippen molar-refractivity contribution in [2.75, 3.05) is 19.0 Å². The highest BCUT2D eigenvalue weighted by Crippen LogP contribution is 2.19. The molecule has 0 radical (unpaired) electrons. The first-order chi connectivity index (χ1) is 9.20. The van der Waals surface area contributed by atoms with E-state index in [1.54, 1.807) is 19.2 Å². The fraction of sp³-hybridized carbons (Fsp3) is 0.286. The number of hydrogen-bond acceptors (Lipinski definition) is 5. The first kappa shape index (κ1) is 13.1. The van der Waals surface area contributed by atoms with Crippen molar-refractivity contribution in [3.63, 3.8) is 0 Å². The molecular formula is C14H17N3O2. The minimum Gasteiger partial charge on any atom is -0.508 e. The minimum atomic E-state index is 0.285. The largest absolute Gasteiger partial charge is 0.508 e. The quantitative estimate of drug-likeness (QED) is 0.861. The molecule has 0 fully saturated rings. The molecule has 0 saturated carbocycles. The molecule has 0 atom stereocenters. The van der Waals surface area contributed by atoms with Crippen LogP contribution in [0.5, 0.6) is 11.6 Å². The van der Waals surface area contributed by atoms with Gasteiger partial charge in [0.05, 0.1) is 12.7 Å². The lowest BCUT2D eigenvalue weighted by atomic mass is 10.1. The third kappa shape index (κ3) is 3.34. The molecule has 5 heteroatoms. The van der Waals surface area contributed by atoms with Gasteiger partial charge in [0, 0.05) is 6.54 Å². The summed E-state index contributed by atoms with van der Waals surface area (Å²) in [5, 5.41) is 12.5. The second-order valence-corrected chi connectivity index (χ2v) is 4.20. The van der Waals surface area contributed by atoms with E-state index in [1.165, 1.54) is 6.33 Å². The highest BCUT2D eigenvalue weighted by molar-refractivity contribution is 5.47. The van der Waals surface area contributed by atoms with Crippen molar-refractivity contribution in [2.24, 2.45) is 0 Å². The molecule has 0 bridgehead atoms. The first-order valence-electron chi connectivity index (χ1n) is 6.08. The van der Waals surface area contributed by atoms with Crippen LogP contribution in [0.4, 0.5) is 5.82 Å². The number of rotatable bonds is 5. The SMILES string of the molecule is COc1ncnc(NCCc2ccc(O)cc2)c1C. The maximum Gasteiger partial charge on any atom is 0.221 e. The summed E-state index contributed by atoms with van der Waals surface area (Å²) in [7, 11) is 1.59. The Morgan fingerprint density at radius 2 is 1.95 bits per heavy atom. The highest BCUT2D eigenvalue weighted by atomic mass is 16.5. The van der Waals surface area contributed by atoms with Crippen molar-refractivity contribution >= 4 is 5.82 Å². The standard InChI is InChI=1S/C14H17N3O2/c1-10-13(16-9-17-14(10)19-2)15-8-7-11-3-5-12(18)6-4-11/h3-6,9,18H,7-8H2,1-2H3,(H,15,16,17). The van der Waals surface area contributed by atoms with Crippen LogP contribution in [0.2, 0.25) is 0 Å². The van der Waals surface area contributed by atoms with Gasteiger partial charge in [-0.2, -0.15) is 0 Å². The van der Waals surface area contributed by atoms with Gasteiger partial charge in [-0.15, -0.1) is 0 Å². The van der Waals surface area contributed by atoms with Gasteiger partial charge in [0.15, 0.2) is 0 Å². The first-order valence-corrected chi connectivity index (χ1v) is 6.08. The number of nitrogens with one attached hydrogen (secondary N) is 1. The Labute approximate surface area is 112 Å². The number of phenols is 1. The number of methoxy groups -OCH3 is 1. The van der Waals surface area contributed by atoms with E-state index in [9.17, 15) is 5.11 Å². The van der Waals surface area contributed by atoms with Crippen LogP contribution in [0.1, 0.15) is 11.1 Å². The molecule has 2 aromatic rings. The van der Waals surface area contributed by atoms with Crippen LogP contribution >= 0.6 is 0 Å². The molecule has 0 amide bonds. The number of ether oxygens (including phenoxy) is 1. The van der Waals surface area contributed by atoms with E-state index < -0.39 is 0 Å². The second-order valence-electron chi connectivity index (χ2n) is 4.20. The molecule has 0 aliphatic carbocycles. The zero-order valence-electron chi connectivity index (χ0n) is 11.1. The zero-order chi connectivity index (χ0) is 13.7. The molecule has 0 spiro atoms. The number of aromatic nitrogens is 2. The average molecular weight is 259 g/mol. The molecule has 1 aromatic carbocycles. The van der Waals surface area contributed by atoms with E-state index in [4.69, 9.17) is 4.74 Å². The van der Waals surface area contributed by atoms with Crippen molar-refractivity contribution in [2.45, 2.75) is 13.3 Å². The molecule has 0 aliphatic rings. The third-order valence-corrected chi connectivity index (χ3v) is 2.87. The number of anilines is 1. The molecular weight excluding hydrogens is 242 g/mol. The van der Waals surface area contributed by atoms with Crippen molar-refractivity contribution in [1.82, 2.24) is 9.97 Å². The van der Waals surface area contributed by atoms with Crippen LogP contribution in [0.3, 0.4) is 0 Å². The Balaban J connectivity index is 1.94. The van der Waals surface area contributed by atoms with Gasteiger partial charge in [-0.1, -0.05) is 12.1 Å². The summed E-state index contributed by atoms with van der Waals surface area (Å²) in [6, 6.07) is 7.19. The maximum absolute atomic E-state index is 9.21. The zero-order valence-corrected chi connectivity index (χ0v) is 11.1. The number of aromatic hydroxyl groups is 1. The van der Waals surface area contributed by atoms with E-state index in [2.05, 4.69) is 15.3 Å². The molecule has 19 heavy (non-hydrogen) atoms. The summed E-state index contributed by atoms with van der Waals surface area (Å²) < 4.78 is 5.14. The second kappa shape index (κ2) is 6.04. The van der Waals surface area contributed by atoms with Crippen molar-refractivity contribution in [3.05, 3.63) is 41.7 Å². The van der Waals surface area contributed by atoms with E-state index in [0.717, 1.165) is 29.9 Å². The Bertz CT molecular complexity index is 541. The minimum absolute atomic E-state index is 0.285. The molecule has 1 aromatic heterocycles. The fourth-order valence-corrected chi connectivity index (χ4v) is 1.81. The van der Waals surface area contributed by atoms with Gasteiger partial charge in [-0.3, -0.25) is 0 Å². The third-order valence-electron chi connectivity index (χ3n) is 2.87. The Morgan fingerprint density at radius 3 is 2.63 bits per heavy atom. The summed E-state index contributed by atoms with van der Waals surface area (Å²) in [6.07, 6.45) is 2.33. The highest BCUT2D eigenvalue weighted by Gasteiger charge is 2.06. The number of phenolic OH excluding ortho intramolecular Hbond substituents is 1. The monoisotopic (exact) mass is 259 g/mol. The van der Waals surface area contributed by atoms with Gasteiger partial charge in [-0.05, 0) is 31.0 Å². The summed E-state index contributed by atoms with van der Waals surface area (Å²) in [4.78, 5) is 8.22. The van der Waals surface area contributed by atoms with Gasteiger partial charge >= 0.3 is 0 Å². The number of hydrogen-bond donors (Lipinski definition) is 2. The lowest BCUT2D eigenvalue weighted by Crippen LogP contribution is -2.08. The van der Waals surface area contributed by atoms with Gasteiger partial charge in [0.25, 0.3) is 0 Å². The van der Waals surface area contributed by atoms with Gasteiger partial charge in [0.2, 0.25) is 5.88 Å². The number of nitrogens with zero attached hydrogens (tertiary/aromatic N) is 2. The smallest absolute Gasteiger partial charge is 0.221 e. The predicted octanol–water partition coefficient (Wildman–Crippen LogP) is 2.15. The lowest BCUT2D eigenvalue weighted by Gasteiger charge is -2.10. The van der Waals surface area contributed by atoms with E-state index in [-0.39, 0.29) is 5.75 Å². The maximum atomic E-state index is 9.21. The van der Waals surface area contributed by atoms with Crippen LogP contribution < -0.4 is 10.1 Å². The molecule has 100 valence electrons. The Kier molecular flexibility index (Phi) is 4.18. The van der Waals surface area contributed by atoms with Gasteiger partial charge in [-0.25, -0.2) is 9.97 Å². The van der Waals surface area contributed by atoms with Crippen LogP contribution in [-0.4, -0.2) is 28.7 Å². The molecule has 0 aliphatic heterocycles. The molecule has 0 saturated heterocycles. The lowest BCUT2D eigenvalue weighted by molar-refractivity contribution is 0.393. The summed E-state index contributed by atoms with van der Waals surface area (Å²) in [5.74, 6) is 1.65. The Hall–Kier alpha value is -2.30. The van der Waals surface area contributed by atoms with E-state index in [0.29, 0.717) is 5.88 Å². The topological polar surface area (TPSA) is 67.3 Å². The molecule has 0 unspecified atom stereocenters. The molecule has 2 N–H and O–H groups in total. The van der Waals surface area contributed by atoms with Crippen molar-refractivity contribution in [1.29, 1.82) is 0 Å². The van der Waals surface area contributed by atoms with Crippen LogP contribution in [-0.2, 0) is 6.42 Å². The van der Waals surface area contributed by atoms with E-state index in [1.807, 2.05) is 19.1 Å². The van der Waals surface area contributed by atoms with Gasteiger partial charge < -0.3 is 15.2 Å². The average Bonchev–Trinajstić information content (AvgIpc) is 2.43. The molecule has 5 nitrogen and oxygen atoms in total. The normalized spacial score (nSPS) is 10.2. The van der Waals surface area contributed by atoms with Crippen molar-refractivity contribution < 1.29 is 9.84 Å². The summed E-state index contributed by atoms with van der Waals surface area (Å²) in [5.41, 5.74) is 2.06. The summed E-state index contributed by atoms with van der Waals surface area (Å²) in [6.45, 7) is 2.67. The van der Waals surface area contributed by atoms with Gasteiger partial charge in [0.1, 0.15) is 17.9 Å². The predicted molar refractivity (Wildman–Crippen MR) is 73.6 cm³/mol. The molecule has 1 heterocycles. The Morgan fingerprint density at radius 1 is 1.21 bits per heavy atom. The van der Waals surface area contributed by atoms with Crippen LogP contribution in [0.25, 0.3) is 0 Å². The van der Waals surface area contributed by atoms with Crippen LogP contribution in [0, 0.1) is 6.92 Å². The number of benzene rings is 1. The summed E-state index contributed by atoms with van der Waals surface area (Å²) >= 11 is 0. The van der Waals surface area contributed by atoms with Crippen molar-refractivity contribution in [3.8, 4) is 11.6 Å². The fourth-order valence-electron chi connectivity index (χ4n) is 1.81. The van der Waals surface area contributed by atoms with Crippen LogP contribution in [0.15, 0.2) is 30.6 Å². The van der Waals surface area contributed by atoms with E-state index >= 15 is 0 Å².